The number of aliphatic carboxylic acids is 1. The van der Waals surface area contributed by atoms with E-state index in [1.54, 1.807) is 0 Å². The van der Waals surface area contributed by atoms with Crippen LogP contribution in [-0.4, -0.2) is 40.6 Å². The highest BCUT2D eigenvalue weighted by Crippen LogP contribution is 2.02. The molecule has 0 aliphatic rings. The Morgan fingerprint density at radius 2 is 2.00 bits per heavy atom. The third kappa shape index (κ3) is 6.46. The molecule has 0 fully saturated rings. The van der Waals surface area contributed by atoms with Crippen molar-refractivity contribution in [2.45, 2.75) is 45.7 Å². The Kier molecular flexibility index (Phi) is 6.80. The number of nitrogens with one attached hydrogen (secondary N) is 1. The monoisotopic (exact) mass is 240 g/mol. The van der Waals surface area contributed by atoms with Crippen molar-refractivity contribution in [2.75, 3.05) is 6.54 Å². The van der Waals surface area contributed by atoms with E-state index in [1.807, 2.05) is 20.8 Å². The quantitative estimate of drug-likeness (QED) is 0.687. The number of carbonyl (C=O) groups is 2. The van der Waals surface area contributed by atoms with Crippen molar-refractivity contribution in [3.05, 3.63) is 0 Å². The van der Waals surface area contributed by atoms with Gasteiger partial charge in [0.15, 0.2) is 0 Å². The molecule has 2 N–H and O–H groups in total. The fourth-order valence-electron chi connectivity index (χ4n) is 1.33. The Morgan fingerprint density at radius 1 is 1.41 bits per heavy atom. The minimum Gasteiger partial charge on any atom is -0.481 e. The first-order valence-corrected chi connectivity index (χ1v) is 5.60. The summed E-state index contributed by atoms with van der Waals surface area (Å²) in [5.41, 5.74) is 0. The van der Waals surface area contributed by atoms with Gasteiger partial charge in [-0.25, -0.2) is 4.79 Å². The number of urea groups is 1. The fourth-order valence-corrected chi connectivity index (χ4v) is 1.33. The van der Waals surface area contributed by atoms with E-state index in [1.165, 1.54) is 4.90 Å². The van der Waals surface area contributed by atoms with E-state index in [-0.39, 0.29) is 31.1 Å². The van der Waals surface area contributed by atoms with Crippen molar-refractivity contribution in [1.82, 2.24) is 10.2 Å². The molecule has 0 aromatic carbocycles. The highest BCUT2D eigenvalue weighted by Gasteiger charge is 2.18. The lowest BCUT2D eigenvalue weighted by Gasteiger charge is -2.27. The van der Waals surface area contributed by atoms with Crippen molar-refractivity contribution in [1.29, 1.82) is 0 Å². The Labute approximate surface area is 102 Å². The van der Waals surface area contributed by atoms with Gasteiger partial charge in [0.05, 0.1) is 6.42 Å². The number of carboxylic acid groups (broad SMARTS) is 1. The van der Waals surface area contributed by atoms with Crippen molar-refractivity contribution >= 4 is 12.0 Å². The molecular formula is C12H20N2O3. The van der Waals surface area contributed by atoms with E-state index in [2.05, 4.69) is 11.2 Å². The second-order valence-electron chi connectivity index (χ2n) is 4.19. The van der Waals surface area contributed by atoms with Crippen LogP contribution in [0.5, 0.6) is 0 Å². The van der Waals surface area contributed by atoms with Gasteiger partial charge in [-0.1, -0.05) is 0 Å². The molecule has 0 saturated heterocycles. The predicted octanol–water partition coefficient (Wildman–Crippen LogP) is 1.29. The van der Waals surface area contributed by atoms with Gasteiger partial charge < -0.3 is 15.3 Å². The molecule has 0 radical (unpaired) electrons. The Hall–Kier alpha value is -1.70. The molecule has 1 atom stereocenters. The highest BCUT2D eigenvalue weighted by atomic mass is 16.4. The average Bonchev–Trinajstić information content (AvgIpc) is 2.16. The summed E-state index contributed by atoms with van der Waals surface area (Å²) in [6.45, 7) is 5.69. The minimum atomic E-state index is -0.917. The van der Waals surface area contributed by atoms with Crippen LogP contribution in [0.4, 0.5) is 4.79 Å². The first-order chi connectivity index (χ1) is 7.88. The SMILES string of the molecule is C#CCC(C)NC(=O)N(CCC(=O)O)C(C)C. The molecule has 0 bridgehead atoms. The number of hydrogen-bond donors (Lipinski definition) is 2. The smallest absolute Gasteiger partial charge is 0.317 e. The van der Waals surface area contributed by atoms with Gasteiger partial charge in [0.2, 0.25) is 0 Å². The summed E-state index contributed by atoms with van der Waals surface area (Å²) >= 11 is 0. The zero-order valence-corrected chi connectivity index (χ0v) is 10.6. The maximum atomic E-state index is 11.8. The Balaban J connectivity index is 4.35. The van der Waals surface area contributed by atoms with Gasteiger partial charge in [-0.15, -0.1) is 12.3 Å². The molecule has 0 aromatic heterocycles. The lowest BCUT2D eigenvalue weighted by Crippen LogP contribution is -2.47. The van der Waals surface area contributed by atoms with Crippen LogP contribution in [-0.2, 0) is 4.79 Å². The van der Waals surface area contributed by atoms with E-state index >= 15 is 0 Å². The van der Waals surface area contributed by atoms with Crippen molar-refractivity contribution in [2.24, 2.45) is 0 Å². The molecule has 96 valence electrons. The van der Waals surface area contributed by atoms with E-state index in [0.717, 1.165) is 0 Å². The molecule has 0 spiro atoms. The van der Waals surface area contributed by atoms with Crippen LogP contribution >= 0.6 is 0 Å². The maximum absolute atomic E-state index is 11.8. The number of amides is 2. The normalized spacial score (nSPS) is 11.7. The predicted molar refractivity (Wildman–Crippen MR) is 65.5 cm³/mol. The van der Waals surface area contributed by atoms with Gasteiger partial charge in [0.1, 0.15) is 0 Å². The molecular weight excluding hydrogens is 220 g/mol. The van der Waals surface area contributed by atoms with Crippen molar-refractivity contribution in [3.63, 3.8) is 0 Å². The first kappa shape index (κ1) is 15.3. The van der Waals surface area contributed by atoms with Crippen LogP contribution in [0.2, 0.25) is 0 Å². The van der Waals surface area contributed by atoms with Crippen molar-refractivity contribution < 1.29 is 14.7 Å². The van der Waals surface area contributed by atoms with Crippen LogP contribution < -0.4 is 5.32 Å². The van der Waals surface area contributed by atoms with Crippen LogP contribution in [0.3, 0.4) is 0 Å². The molecule has 2 amide bonds. The summed E-state index contributed by atoms with van der Waals surface area (Å²) in [5.74, 6) is 1.55. The van der Waals surface area contributed by atoms with E-state index in [0.29, 0.717) is 6.42 Å². The summed E-state index contributed by atoms with van der Waals surface area (Å²) < 4.78 is 0. The Bertz CT molecular complexity index is 307. The number of carboxylic acids is 1. The second kappa shape index (κ2) is 7.55. The van der Waals surface area contributed by atoms with Gasteiger partial charge in [0.25, 0.3) is 0 Å². The average molecular weight is 240 g/mol. The molecule has 0 saturated carbocycles. The van der Waals surface area contributed by atoms with E-state index in [4.69, 9.17) is 11.5 Å². The number of carbonyl (C=O) groups excluding carboxylic acids is 1. The molecule has 1 unspecified atom stereocenters. The zero-order chi connectivity index (χ0) is 13.4. The summed E-state index contributed by atoms with van der Waals surface area (Å²) in [6.07, 6.45) is 5.54. The molecule has 0 rings (SSSR count). The first-order valence-electron chi connectivity index (χ1n) is 5.60. The van der Waals surface area contributed by atoms with Gasteiger partial charge in [-0.2, -0.15) is 0 Å². The molecule has 0 aliphatic carbocycles. The zero-order valence-electron chi connectivity index (χ0n) is 10.6. The molecule has 0 heterocycles. The third-order valence-electron chi connectivity index (χ3n) is 2.24. The van der Waals surface area contributed by atoms with Crippen LogP contribution in [0.15, 0.2) is 0 Å². The minimum absolute atomic E-state index is 0.0487. The van der Waals surface area contributed by atoms with Crippen molar-refractivity contribution in [3.8, 4) is 12.3 Å². The molecule has 17 heavy (non-hydrogen) atoms. The molecule has 5 nitrogen and oxygen atoms in total. The summed E-state index contributed by atoms with van der Waals surface area (Å²) in [4.78, 5) is 23.8. The fraction of sp³-hybridized carbons (Fsp3) is 0.667. The van der Waals surface area contributed by atoms with Gasteiger partial charge >= 0.3 is 12.0 Å². The van der Waals surface area contributed by atoms with Gasteiger partial charge in [-0.05, 0) is 20.8 Å². The van der Waals surface area contributed by atoms with Crippen LogP contribution in [0, 0.1) is 12.3 Å². The number of rotatable bonds is 6. The summed E-state index contributed by atoms with van der Waals surface area (Å²) in [7, 11) is 0. The largest absolute Gasteiger partial charge is 0.481 e. The molecule has 0 aliphatic heterocycles. The third-order valence-corrected chi connectivity index (χ3v) is 2.24. The lowest BCUT2D eigenvalue weighted by molar-refractivity contribution is -0.137. The summed E-state index contributed by atoms with van der Waals surface area (Å²) in [5, 5.41) is 11.3. The van der Waals surface area contributed by atoms with Gasteiger partial charge in [-0.3, -0.25) is 4.79 Å². The number of terminal acetylenes is 1. The number of nitrogens with zero attached hydrogens (tertiary/aromatic N) is 1. The second-order valence-corrected chi connectivity index (χ2v) is 4.19. The topological polar surface area (TPSA) is 69.6 Å². The van der Waals surface area contributed by atoms with Gasteiger partial charge in [0, 0.05) is 25.0 Å². The Morgan fingerprint density at radius 3 is 2.41 bits per heavy atom. The highest BCUT2D eigenvalue weighted by molar-refractivity contribution is 5.75. The lowest BCUT2D eigenvalue weighted by atomic mass is 10.2. The maximum Gasteiger partial charge on any atom is 0.317 e. The van der Waals surface area contributed by atoms with Crippen LogP contribution in [0.1, 0.15) is 33.6 Å². The molecule has 5 heteroatoms. The standard InChI is InChI=1S/C12H20N2O3/c1-5-6-10(4)13-12(17)14(9(2)3)8-7-11(15)16/h1,9-10H,6-8H2,2-4H3,(H,13,17)(H,15,16). The summed E-state index contributed by atoms with van der Waals surface area (Å²) in [6, 6.07) is -0.435. The molecule has 0 aromatic rings. The van der Waals surface area contributed by atoms with E-state index < -0.39 is 5.97 Å². The number of hydrogen-bond acceptors (Lipinski definition) is 2. The van der Waals surface area contributed by atoms with E-state index in [9.17, 15) is 9.59 Å². The van der Waals surface area contributed by atoms with Crippen LogP contribution in [0.25, 0.3) is 0 Å².